The van der Waals surface area contributed by atoms with E-state index >= 15 is 0 Å². The second kappa shape index (κ2) is 7.36. The molecule has 1 aliphatic heterocycles. The predicted molar refractivity (Wildman–Crippen MR) is 85.3 cm³/mol. The van der Waals surface area contributed by atoms with Crippen molar-refractivity contribution in [2.45, 2.75) is 63.5 Å². The Hall–Kier alpha value is -0.940. The molecule has 1 aromatic rings. The summed E-state index contributed by atoms with van der Waals surface area (Å²) < 4.78 is 0. The molecule has 4 nitrogen and oxygen atoms in total. The van der Waals surface area contributed by atoms with E-state index in [1.165, 1.54) is 37.1 Å². The maximum absolute atomic E-state index is 12.1. The first kappa shape index (κ1) is 15.0. The molecule has 1 aliphatic carbocycles. The van der Waals surface area contributed by atoms with Crippen molar-refractivity contribution in [2.24, 2.45) is 0 Å². The van der Waals surface area contributed by atoms with Gasteiger partial charge in [-0.2, -0.15) is 0 Å². The lowest BCUT2D eigenvalue weighted by molar-refractivity contribution is -0.122. The number of carbonyl (C=O) groups is 1. The van der Waals surface area contributed by atoms with Crippen molar-refractivity contribution in [3.05, 3.63) is 16.6 Å². The molecular weight excluding hydrogens is 282 g/mol. The zero-order valence-corrected chi connectivity index (χ0v) is 13.4. The monoisotopic (exact) mass is 307 g/mol. The zero-order chi connectivity index (χ0) is 14.5. The summed E-state index contributed by atoms with van der Waals surface area (Å²) in [4.78, 5) is 19.0. The number of likely N-dealkylation sites (tertiary alicyclic amines) is 1. The Kier molecular flexibility index (Phi) is 5.25. The van der Waals surface area contributed by atoms with Crippen molar-refractivity contribution in [3.63, 3.8) is 0 Å². The summed E-state index contributed by atoms with van der Waals surface area (Å²) in [6, 6.07) is 0.868. The Bertz CT molecular complexity index is 442. The lowest BCUT2D eigenvalue weighted by Crippen LogP contribution is -2.38. The summed E-state index contributed by atoms with van der Waals surface area (Å²) in [6.07, 6.45) is 11.1. The molecule has 1 amide bonds. The number of hydrogen-bond donors (Lipinski definition) is 1. The van der Waals surface area contributed by atoms with Crippen LogP contribution in [0.3, 0.4) is 0 Å². The van der Waals surface area contributed by atoms with Crippen LogP contribution in [0.5, 0.6) is 0 Å². The maximum Gasteiger partial charge on any atom is 0.221 e. The first-order valence-electron chi connectivity index (χ1n) is 8.26. The van der Waals surface area contributed by atoms with Crippen LogP contribution in [0.4, 0.5) is 0 Å². The fraction of sp³-hybridized carbons (Fsp3) is 0.750. The van der Waals surface area contributed by atoms with Gasteiger partial charge in [0.2, 0.25) is 5.91 Å². The lowest BCUT2D eigenvalue weighted by atomic mass is 9.95. The number of nitrogens with one attached hydrogen (secondary N) is 1. The van der Waals surface area contributed by atoms with E-state index in [9.17, 15) is 4.79 Å². The summed E-state index contributed by atoms with van der Waals surface area (Å²) in [7, 11) is 0. The fourth-order valence-electron chi connectivity index (χ4n) is 3.56. The third kappa shape index (κ3) is 4.04. The lowest BCUT2D eigenvalue weighted by Gasteiger charge is -2.25. The van der Waals surface area contributed by atoms with E-state index in [1.54, 1.807) is 11.3 Å². The Morgan fingerprint density at radius 1 is 1.29 bits per heavy atom. The number of hydrogen-bond acceptors (Lipinski definition) is 4. The van der Waals surface area contributed by atoms with Gasteiger partial charge in [-0.05, 0) is 32.2 Å². The van der Waals surface area contributed by atoms with Gasteiger partial charge in [-0.25, -0.2) is 4.98 Å². The highest BCUT2D eigenvalue weighted by Crippen LogP contribution is 2.32. The quantitative estimate of drug-likeness (QED) is 0.909. The van der Waals surface area contributed by atoms with Crippen molar-refractivity contribution < 1.29 is 4.79 Å². The van der Waals surface area contributed by atoms with Crippen LogP contribution in [0.15, 0.2) is 11.6 Å². The summed E-state index contributed by atoms with van der Waals surface area (Å²) in [5.74, 6) is 0.228. The van der Waals surface area contributed by atoms with Crippen LogP contribution < -0.4 is 5.32 Å². The van der Waals surface area contributed by atoms with Gasteiger partial charge < -0.3 is 5.32 Å². The van der Waals surface area contributed by atoms with Gasteiger partial charge in [0, 0.05) is 30.6 Å². The molecule has 0 unspecified atom stereocenters. The molecule has 1 atom stereocenters. The normalized spacial score (nSPS) is 24.3. The molecule has 0 radical (unpaired) electrons. The van der Waals surface area contributed by atoms with Gasteiger partial charge in [0.15, 0.2) is 0 Å². The SMILES string of the molecule is O=C(CCN1CCC[C@H]1c1nccs1)NC1CCCCC1. The van der Waals surface area contributed by atoms with Gasteiger partial charge in [0.25, 0.3) is 0 Å². The van der Waals surface area contributed by atoms with Crippen LogP contribution >= 0.6 is 11.3 Å². The number of rotatable bonds is 5. The molecule has 0 bridgehead atoms. The molecule has 1 saturated carbocycles. The molecule has 2 fully saturated rings. The van der Waals surface area contributed by atoms with Crippen LogP contribution in [0.1, 0.15) is 62.4 Å². The molecule has 1 saturated heterocycles. The molecule has 5 heteroatoms. The minimum atomic E-state index is 0.228. The highest BCUT2D eigenvalue weighted by atomic mass is 32.1. The van der Waals surface area contributed by atoms with E-state index < -0.39 is 0 Å². The highest BCUT2D eigenvalue weighted by molar-refractivity contribution is 7.09. The van der Waals surface area contributed by atoms with Crippen molar-refractivity contribution in [1.29, 1.82) is 0 Å². The second-order valence-corrected chi connectivity index (χ2v) is 7.14. The Balaban J connectivity index is 1.44. The van der Waals surface area contributed by atoms with Crippen LogP contribution in [-0.2, 0) is 4.79 Å². The summed E-state index contributed by atoms with van der Waals surface area (Å²) in [5.41, 5.74) is 0. The summed E-state index contributed by atoms with van der Waals surface area (Å²) >= 11 is 1.73. The maximum atomic E-state index is 12.1. The first-order chi connectivity index (χ1) is 10.3. The molecule has 21 heavy (non-hydrogen) atoms. The molecule has 116 valence electrons. The molecule has 2 aliphatic rings. The van der Waals surface area contributed by atoms with E-state index in [0.717, 1.165) is 25.9 Å². The van der Waals surface area contributed by atoms with Crippen LogP contribution in [-0.4, -0.2) is 34.9 Å². The van der Waals surface area contributed by atoms with Crippen molar-refractivity contribution in [3.8, 4) is 0 Å². The van der Waals surface area contributed by atoms with Gasteiger partial charge in [-0.1, -0.05) is 19.3 Å². The Morgan fingerprint density at radius 2 is 2.14 bits per heavy atom. The van der Waals surface area contributed by atoms with Crippen molar-refractivity contribution in [1.82, 2.24) is 15.2 Å². The second-order valence-electron chi connectivity index (χ2n) is 6.22. The van der Waals surface area contributed by atoms with E-state index in [0.29, 0.717) is 18.5 Å². The molecular formula is C16H25N3OS. The van der Waals surface area contributed by atoms with Crippen molar-refractivity contribution in [2.75, 3.05) is 13.1 Å². The standard InChI is InChI=1S/C16H25N3OS/c20-15(18-13-5-2-1-3-6-13)8-11-19-10-4-7-14(19)16-17-9-12-21-16/h9,12-14H,1-8,10-11H2,(H,18,20)/t14-/m0/s1. The van der Waals surface area contributed by atoms with Crippen LogP contribution in [0.2, 0.25) is 0 Å². The van der Waals surface area contributed by atoms with E-state index in [1.807, 2.05) is 11.6 Å². The molecule has 1 aromatic heterocycles. The minimum Gasteiger partial charge on any atom is -0.353 e. The Morgan fingerprint density at radius 3 is 2.90 bits per heavy atom. The molecule has 3 rings (SSSR count). The smallest absolute Gasteiger partial charge is 0.221 e. The number of nitrogens with zero attached hydrogens (tertiary/aromatic N) is 2. The average Bonchev–Trinajstić information content (AvgIpc) is 3.17. The van der Waals surface area contributed by atoms with Crippen LogP contribution in [0.25, 0.3) is 0 Å². The predicted octanol–water partition coefficient (Wildman–Crippen LogP) is 3.12. The summed E-state index contributed by atoms with van der Waals surface area (Å²) in [5, 5.41) is 6.47. The summed E-state index contributed by atoms with van der Waals surface area (Å²) in [6.45, 7) is 1.96. The van der Waals surface area contributed by atoms with E-state index in [2.05, 4.69) is 15.2 Å². The van der Waals surface area contributed by atoms with Gasteiger partial charge in [-0.3, -0.25) is 9.69 Å². The first-order valence-corrected chi connectivity index (χ1v) is 9.14. The topological polar surface area (TPSA) is 45.2 Å². The van der Waals surface area contributed by atoms with Gasteiger partial charge >= 0.3 is 0 Å². The molecule has 1 N–H and O–H groups in total. The highest BCUT2D eigenvalue weighted by Gasteiger charge is 2.28. The number of amides is 1. The number of thiazole rings is 1. The minimum absolute atomic E-state index is 0.228. The fourth-order valence-corrected chi connectivity index (χ4v) is 4.37. The van der Waals surface area contributed by atoms with Gasteiger partial charge in [-0.15, -0.1) is 11.3 Å². The molecule has 0 aromatic carbocycles. The third-order valence-corrected chi connectivity index (χ3v) is 5.57. The molecule has 2 heterocycles. The van der Waals surface area contributed by atoms with Gasteiger partial charge in [0.1, 0.15) is 5.01 Å². The van der Waals surface area contributed by atoms with Crippen molar-refractivity contribution >= 4 is 17.2 Å². The zero-order valence-electron chi connectivity index (χ0n) is 12.6. The van der Waals surface area contributed by atoms with E-state index in [-0.39, 0.29) is 5.91 Å². The number of aromatic nitrogens is 1. The van der Waals surface area contributed by atoms with Gasteiger partial charge in [0.05, 0.1) is 6.04 Å². The third-order valence-electron chi connectivity index (χ3n) is 4.70. The Labute approximate surface area is 130 Å². The largest absolute Gasteiger partial charge is 0.353 e. The molecule has 0 spiro atoms. The average molecular weight is 307 g/mol. The number of carbonyl (C=O) groups excluding carboxylic acids is 1. The van der Waals surface area contributed by atoms with Crippen LogP contribution in [0, 0.1) is 0 Å². The van der Waals surface area contributed by atoms with E-state index in [4.69, 9.17) is 0 Å².